The van der Waals surface area contributed by atoms with Crippen molar-refractivity contribution in [2.75, 3.05) is 11.9 Å². The Bertz CT molecular complexity index is 851. The van der Waals surface area contributed by atoms with Crippen molar-refractivity contribution >= 4 is 17.5 Å². The molecule has 1 saturated heterocycles. The van der Waals surface area contributed by atoms with Crippen LogP contribution in [0.2, 0.25) is 0 Å². The number of nitrogens with zero attached hydrogens (tertiary/aromatic N) is 2. The van der Waals surface area contributed by atoms with Crippen LogP contribution < -0.4 is 5.32 Å². The van der Waals surface area contributed by atoms with Gasteiger partial charge in [0.2, 0.25) is 5.91 Å². The van der Waals surface area contributed by atoms with E-state index in [1.807, 2.05) is 48.5 Å². The smallest absolute Gasteiger partial charge is 0.254 e. The lowest BCUT2D eigenvalue weighted by molar-refractivity contribution is -0.120. The maximum Gasteiger partial charge on any atom is 0.254 e. The number of anilines is 1. The number of hydrogen-bond donors (Lipinski definition) is 1. The van der Waals surface area contributed by atoms with Gasteiger partial charge in [0.15, 0.2) is 0 Å². The molecule has 148 valence electrons. The normalized spacial score (nSPS) is 20.3. The first kappa shape index (κ1) is 18.8. The minimum absolute atomic E-state index is 0.0393. The highest BCUT2D eigenvalue weighted by Gasteiger charge is 2.32. The molecule has 1 N–H and O–H groups in total. The van der Waals surface area contributed by atoms with Crippen LogP contribution in [0.15, 0.2) is 42.6 Å². The first-order valence-electron chi connectivity index (χ1n) is 10.5. The number of aromatic nitrogens is 1. The minimum atomic E-state index is 0.0393. The lowest BCUT2D eigenvalue weighted by Crippen LogP contribution is -2.31. The summed E-state index contributed by atoms with van der Waals surface area (Å²) in [5.74, 6) is 0.234. The Morgan fingerprint density at radius 2 is 1.82 bits per heavy atom. The summed E-state index contributed by atoms with van der Waals surface area (Å²) >= 11 is 0. The SMILES string of the molecule is Cn1cccc1C1CCCN1C(=O)c1cccc(NC(=O)C2CCCCC2)c1. The van der Waals surface area contributed by atoms with E-state index in [4.69, 9.17) is 0 Å². The van der Waals surface area contributed by atoms with Crippen molar-refractivity contribution in [3.63, 3.8) is 0 Å². The van der Waals surface area contributed by atoms with Gasteiger partial charge >= 0.3 is 0 Å². The van der Waals surface area contributed by atoms with Crippen molar-refractivity contribution in [1.82, 2.24) is 9.47 Å². The number of rotatable bonds is 4. The zero-order chi connectivity index (χ0) is 19.5. The average molecular weight is 380 g/mol. The first-order chi connectivity index (χ1) is 13.6. The maximum absolute atomic E-state index is 13.2. The molecule has 1 atom stereocenters. The molecule has 0 radical (unpaired) electrons. The number of amides is 2. The molecule has 1 saturated carbocycles. The highest BCUT2D eigenvalue weighted by atomic mass is 16.2. The fourth-order valence-corrected chi connectivity index (χ4v) is 4.64. The maximum atomic E-state index is 13.2. The summed E-state index contributed by atoms with van der Waals surface area (Å²) in [7, 11) is 2.03. The van der Waals surface area contributed by atoms with Crippen LogP contribution in [0.1, 0.15) is 67.0 Å². The molecule has 2 aromatic rings. The molecular weight excluding hydrogens is 350 g/mol. The van der Waals surface area contributed by atoms with Crippen LogP contribution >= 0.6 is 0 Å². The Morgan fingerprint density at radius 3 is 2.57 bits per heavy atom. The van der Waals surface area contributed by atoms with Crippen LogP contribution in [0.25, 0.3) is 0 Å². The van der Waals surface area contributed by atoms with Crippen molar-refractivity contribution < 1.29 is 9.59 Å². The molecule has 0 bridgehead atoms. The third-order valence-corrected chi connectivity index (χ3v) is 6.19. The molecule has 5 nitrogen and oxygen atoms in total. The lowest BCUT2D eigenvalue weighted by atomic mass is 9.88. The van der Waals surface area contributed by atoms with Crippen LogP contribution in [-0.4, -0.2) is 27.8 Å². The van der Waals surface area contributed by atoms with Gasteiger partial charge in [-0.25, -0.2) is 0 Å². The molecule has 1 aromatic heterocycles. The number of aryl methyl sites for hydroxylation is 1. The molecule has 2 amide bonds. The fourth-order valence-electron chi connectivity index (χ4n) is 4.64. The van der Waals surface area contributed by atoms with Crippen molar-refractivity contribution in [3.8, 4) is 0 Å². The summed E-state index contributed by atoms with van der Waals surface area (Å²) in [4.78, 5) is 27.7. The van der Waals surface area contributed by atoms with Crippen LogP contribution in [0.3, 0.4) is 0 Å². The van der Waals surface area contributed by atoms with Crippen LogP contribution in [0.5, 0.6) is 0 Å². The highest BCUT2D eigenvalue weighted by molar-refractivity contribution is 5.98. The summed E-state index contributed by atoms with van der Waals surface area (Å²) in [6.07, 6.45) is 9.45. The molecule has 2 aliphatic rings. The van der Waals surface area contributed by atoms with Gasteiger partial charge in [-0.1, -0.05) is 25.3 Å². The molecule has 0 spiro atoms. The van der Waals surface area contributed by atoms with Gasteiger partial charge in [0.1, 0.15) is 0 Å². The standard InChI is InChI=1S/C23H29N3O2/c1-25-14-6-12-20(25)21-13-7-15-26(21)23(28)18-10-5-11-19(16-18)24-22(27)17-8-3-2-4-9-17/h5-6,10-12,14,16-17,21H,2-4,7-9,13,15H2,1H3,(H,24,27). The molecule has 5 heteroatoms. The molecule has 2 fully saturated rings. The third kappa shape index (κ3) is 3.84. The van der Waals surface area contributed by atoms with Crippen LogP contribution in [-0.2, 0) is 11.8 Å². The molecule has 1 aliphatic heterocycles. The summed E-state index contributed by atoms with van der Waals surface area (Å²) in [6, 6.07) is 11.6. The zero-order valence-electron chi connectivity index (χ0n) is 16.6. The molecule has 4 rings (SSSR count). The third-order valence-electron chi connectivity index (χ3n) is 6.19. The number of likely N-dealkylation sites (tertiary alicyclic amines) is 1. The summed E-state index contributed by atoms with van der Waals surface area (Å²) in [5.41, 5.74) is 2.53. The Kier molecular flexibility index (Phi) is 5.51. The molecule has 2 heterocycles. The Balaban J connectivity index is 1.48. The van der Waals surface area contributed by atoms with Crippen molar-refractivity contribution in [2.45, 2.75) is 51.0 Å². The summed E-state index contributed by atoms with van der Waals surface area (Å²) < 4.78 is 2.09. The van der Waals surface area contributed by atoms with E-state index < -0.39 is 0 Å². The van der Waals surface area contributed by atoms with E-state index in [1.165, 1.54) is 12.1 Å². The second kappa shape index (κ2) is 8.21. The van der Waals surface area contributed by atoms with Crippen molar-refractivity contribution in [3.05, 3.63) is 53.9 Å². The van der Waals surface area contributed by atoms with Gasteiger partial charge in [0.25, 0.3) is 5.91 Å². The van der Waals surface area contributed by atoms with Gasteiger partial charge < -0.3 is 14.8 Å². The van der Waals surface area contributed by atoms with Crippen molar-refractivity contribution in [2.24, 2.45) is 13.0 Å². The van der Waals surface area contributed by atoms with Gasteiger partial charge in [-0.2, -0.15) is 0 Å². The fraction of sp³-hybridized carbons (Fsp3) is 0.478. The van der Waals surface area contributed by atoms with E-state index in [9.17, 15) is 9.59 Å². The molecular formula is C23H29N3O2. The van der Waals surface area contributed by atoms with Gasteiger partial charge in [-0.3, -0.25) is 9.59 Å². The van der Waals surface area contributed by atoms with Gasteiger partial charge in [0.05, 0.1) is 6.04 Å². The van der Waals surface area contributed by atoms with E-state index in [0.29, 0.717) is 5.56 Å². The molecule has 1 unspecified atom stereocenters. The topological polar surface area (TPSA) is 54.3 Å². The minimum Gasteiger partial charge on any atom is -0.353 e. The number of benzene rings is 1. The van der Waals surface area contributed by atoms with E-state index >= 15 is 0 Å². The highest BCUT2D eigenvalue weighted by Crippen LogP contribution is 2.33. The number of carbonyl (C=O) groups is 2. The molecule has 1 aromatic carbocycles. The summed E-state index contributed by atoms with van der Waals surface area (Å²) in [6.45, 7) is 0.771. The van der Waals surface area contributed by atoms with Gasteiger partial charge in [-0.15, -0.1) is 0 Å². The predicted molar refractivity (Wildman–Crippen MR) is 110 cm³/mol. The Morgan fingerprint density at radius 1 is 1.00 bits per heavy atom. The quantitative estimate of drug-likeness (QED) is 0.849. The largest absolute Gasteiger partial charge is 0.353 e. The van der Waals surface area contributed by atoms with Crippen LogP contribution in [0.4, 0.5) is 5.69 Å². The Labute approximate surface area is 166 Å². The average Bonchev–Trinajstić information content (AvgIpc) is 3.36. The zero-order valence-corrected chi connectivity index (χ0v) is 16.6. The number of carbonyl (C=O) groups excluding carboxylic acids is 2. The van der Waals surface area contributed by atoms with Gasteiger partial charge in [0, 0.05) is 42.7 Å². The Hall–Kier alpha value is -2.56. The number of hydrogen-bond acceptors (Lipinski definition) is 2. The lowest BCUT2D eigenvalue weighted by Gasteiger charge is -2.26. The predicted octanol–water partition coefficient (Wildman–Crippen LogP) is 4.52. The van der Waals surface area contributed by atoms with Gasteiger partial charge in [-0.05, 0) is 56.0 Å². The number of nitrogens with one attached hydrogen (secondary N) is 1. The first-order valence-corrected chi connectivity index (χ1v) is 10.5. The second-order valence-corrected chi connectivity index (χ2v) is 8.11. The van der Waals surface area contributed by atoms with E-state index in [0.717, 1.165) is 50.8 Å². The monoisotopic (exact) mass is 379 g/mol. The van der Waals surface area contributed by atoms with Crippen molar-refractivity contribution in [1.29, 1.82) is 0 Å². The molecule has 28 heavy (non-hydrogen) atoms. The molecule has 1 aliphatic carbocycles. The van der Waals surface area contributed by atoms with E-state index in [2.05, 4.69) is 16.0 Å². The summed E-state index contributed by atoms with van der Waals surface area (Å²) in [5, 5.41) is 3.03. The van der Waals surface area contributed by atoms with E-state index in [-0.39, 0.29) is 23.8 Å². The van der Waals surface area contributed by atoms with E-state index in [1.54, 1.807) is 0 Å². The second-order valence-electron chi connectivity index (χ2n) is 8.11. The van der Waals surface area contributed by atoms with Crippen LogP contribution in [0, 0.1) is 5.92 Å².